The molecule has 8 heteroatoms. The van der Waals surface area contributed by atoms with Gasteiger partial charge in [0.25, 0.3) is 0 Å². The number of azide groups is 2. The maximum absolute atomic E-state index is 9.42. The SMILES string of the molecule is [N-]=[N+]=N[C@@H]1[C@@H](O)[C@H](O)C=C[C@H]1N=[N+]=[N-]. The highest BCUT2D eigenvalue weighted by Gasteiger charge is 2.32. The van der Waals surface area contributed by atoms with Crippen molar-refractivity contribution in [1.82, 2.24) is 0 Å². The Morgan fingerprint density at radius 2 is 1.71 bits per heavy atom. The summed E-state index contributed by atoms with van der Waals surface area (Å²) in [5.74, 6) is 0. The van der Waals surface area contributed by atoms with Gasteiger partial charge < -0.3 is 10.2 Å². The fourth-order valence-electron chi connectivity index (χ4n) is 1.22. The van der Waals surface area contributed by atoms with Gasteiger partial charge in [-0.05, 0) is 11.1 Å². The molecule has 4 atom stereocenters. The summed E-state index contributed by atoms with van der Waals surface area (Å²) in [4.78, 5) is 5.06. The number of rotatable bonds is 2. The van der Waals surface area contributed by atoms with Crippen molar-refractivity contribution in [2.75, 3.05) is 0 Å². The Hall–Kier alpha value is -1.72. The molecule has 0 fully saturated rings. The highest BCUT2D eigenvalue weighted by atomic mass is 16.3. The average Bonchev–Trinajstić information content (AvgIpc) is 2.18. The molecule has 0 amide bonds. The van der Waals surface area contributed by atoms with Crippen LogP contribution < -0.4 is 0 Å². The lowest BCUT2D eigenvalue weighted by Gasteiger charge is -2.28. The highest BCUT2D eigenvalue weighted by molar-refractivity contribution is 5.13. The van der Waals surface area contributed by atoms with Crippen LogP contribution in [0, 0.1) is 0 Å². The first-order valence-electron chi connectivity index (χ1n) is 3.83. The molecule has 2 N–H and O–H groups in total. The van der Waals surface area contributed by atoms with Crippen LogP contribution in [0.15, 0.2) is 22.4 Å². The molecule has 0 aromatic carbocycles. The molecule has 1 aliphatic carbocycles. The van der Waals surface area contributed by atoms with E-state index in [0.717, 1.165) is 0 Å². The largest absolute Gasteiger partial charge is 0.390 e. The smallest absolute Gasteiger partial charge is 0.0984 e. The van der Waals surface area contributed by atoms with E-state index >= 15 is 0 Å². The van der Waals surface area contributed by atoms with Crippen LogP contribution in [0.4, 0.5) is 0 Å². The molecule has 8 nitrogen and oxygen atoms in total. The predicted octanol–water partition coefficient (Wildman–Crippen LogP) is 0.636. The predicted molar refractivity (Wildman–Crippen MR) is 47.0 cm³/mol. The number of hydrogen-bond acceptors (Lipinski definition) is 4. The monoisotopic (exact) mass is 196 g/mol. The zero-order valence-electron chi connectivity index (χ0n) is 7.04. The molecule has 1 rings (SSSR count). The lowest BCUT2D eigenvalue weighted by atomic mass is 9.93. The van der Waals surface area contributed by atoms with Crippen LogP contribution in [0.25, 0.3) is 20.9 Å². The van der Waals surface area contributed by atoms with Gasteiger partial charge in [0.2, 0.25) is 0 Å². The van der Waals surface area contributed by atoms with E-state index in [1.54, 1.807) is 0 Å². The summed E-state index contributed by atoms with van der Waals surface area (Å²) in [6, 6.07) is -1.72. The molecule has 0 unspecified atom stereocenters. The van der Waals surface area contributed by atoms with Crippen molar-refractivity contribution in [3.63, 3.8) is 0 Å². The van der Waals surface area contributed by atoms with Gasteiger partial charge in [-0.3, -0.25) is 0 Å². The van der Waals surface area contributed by atoms with E-state index in [1.807, 2.05) is 0 Å². The molecular formula is C6H8N6O2. The van der Waals surface area contributed by atoms with Crippen LogP contribution in [0.1, 0.15) is 0 Å². The summed E-state index contributed by atoms with van der Waals surface area (Å²) in [6.07, 6.45) is 0.353. The molecule has 0 heterocycles. The average molecular weight is 196 g/mol. The first-order valence-corrected chi connectivity index (χ1v) is 3.83. The van der Waals surface area contributed by atoms with Crippen LogP contribution in [-0.4, -0.2) is 34.5 Å². The minimum atomic E-state index is -1.24. The second-order valence-electron chi connectivity index (χ2n) is 2.76. The standard InChI is InChI=1S/C6H8N6O2/c7-11-9-3-1-2-4(13)6(14)5(3)10-12-8/h1-6,13-14H/t3-,4-,5+,6+/m1/s1. The Balaban J connectivity index is 2.98. The third kappa shape index (κ3) is 1.95. The van der Waals surface area contributed by atoms with Gasteiger partial charge in [-0.1, -0.05) is 22.4 Å². The maximum Gasteiger partial charge on any atom is 0.0984 e. The van der Waals surface area contributed by atoms with E-state index in [1.165, 1.54) is 12.2 Å². The fourth-order valence-corrected chi connectivity index (χ4v) is 1.22. The Morgan fingerprint density at radius 3 is 2.29 bits per heavy atom. The zero-order chi connectivity index (χ0) is 10.6. The summed E-state index contributed by atoms with van der Waals surface area (Å²) >= 11 is 0. The minimum absolute atomic E-state index is 0.755. The van der Waals surface area contributed by atoms with E-state index < -0.39 is 24.3 Å². The van der Waals surface area contributed by atoms with E-state index in [0.29, 0.717) is 0 Å². The van der Waals surface area contributed by atoms with Crippen molar-refractivity contribution in [2.45, 2.75) is 24.3 Å². The van der Waals surface area contributed by atoms with Gasteiger partial charge in [-0.25, -0.2) is 0 Å². The third-order valence-electron chi connectivity index (χ3n) is 1.93. The number of hydrogen-bond donors (Lipinski definition) is 2. The quantitative estimate of drug-likeness (QED) is 0.289. The second-order valence-corrected chi connectivity index (χ2v) is 2.76. The van der Waals surface area contributed by atoms with Crippen molar-refractivity contribution in [3.8, 4) is 0 Å². The van der Waals surface area contributed by atoms with Gasteiger partial charge in [0.15, 0.2) is 0 Å². The summed E-state index contributed by atoms with van der Waals surface area (Å²) in [6.45, 7) is 0. The summed E-state index contributed by atoms with van der Waals surface area (Å²) < 4.78 is 0. The Bertz CT molecular complexity index is 329. The van der Waals surface area contributed by atoms with Crippen molar-refractivity contribution in [1.29, 1.82) is 0 Å². The van der Waals surface area contributed by atoms with Gasteiger partial charge in [0, 0.05) is 9.82 Å². The number of aliphatic hydroxyl groups excluding tert-OH is 2. The van der Waals surface area contributed by atoms with Crippen molar-refractivity contribution in [3.05, 3.63) is 33.0 Å². The lowest BCUT2D eigenvalue weighted by Crippen LogP contribution is -2.44. The van der Waals surface area contributed by atoms with E-state index in [4.69, 9.17) is 11.1 Å². The fraction of sp³-hybridized carbons (Fsp3) is 0.667. The Morgan fingerprint density at radius 1 is 1.07 bits per heavy atom. The molecule has 74 valence electrons. The lowest BCUT2D eigenvalue weighted by molar-refractivity contribution is 0.0227. The van der Waals surface area contributed by atoms with Crippen LogP contribution in [-0.2, 0) is 0 Å². The van der Waals surface area contributed by atoms with Gasteiger partial charge >= 0.3 is 0 Å². The van der Waals surface area contributed by atoms with Crippen LogP contribution in [0.2, 0.25) is 0 Å². The number of nitrogens with zero attached hydrogens (tertiary/aromatic N) is 6. The summed E-state index contributed by atoms with van der Waals surface area (Å²) in [7, 11) is 0. The maximum atomic E-state index is 9.42. The van der Waals surface area contributed by atoms with Gasteiger partial charge in [0.1, 0.15) is 0 Å². The summed E-state index contributed by atoms with van der Waals surface area (Å²) in [5.41, 5.74) is 16.4. The first kappa shape index (κ1) is 10.4. The topological polar surface area (TPSA) is 138 Å². The molecule has 0 aromatic rings. The second kappa shape index (κ2) is 4.50. The first-order chi connectivity index (χ1) is 6.70. The van der Waals surface area contributed by atoms with Crippen molar-refractivity contribution in [2.24, 2.45) is 10.2 Å². The molecule has 0 bridgehead atoms. The Kier molecular flexibility index (Phi) is 3.33. The molecule has 0 saturated heterocycles. The third-order valence-corrected chi connectivity index (χ3v) is 1.93. The van der Waals surface area contributed by atoms with Crippen LogP contribution in [0.3, 0.4) is 0 Å². The van der Waals surface area contributed by atoms with Gasteiger partial charge in [-0.2, -0.15) is 0 Å². The summed E-state index contributed by atoms with van der Waals surface area (Å²) in [5, 5.41) is 25.2. The molecular weight excluding hydrogens is 188 g/mol. The van der Waals surface area contributed by atoms with Gasteiger partial charge in [-0.15, -0.1) is 0 Å². The number of aliphatic hydroxyl groups is 2. The molecule has 0 aromatic heterocycles. The Labute approximate surface area is 78.7 Å². The normalized spacial score (nSPS) is 35.6. The molecule has 0 spiro atoms. The van der Waals surface area contributed by atoms with Gasteiger partial charge in [0.05, 0.1) is 24.3 Å². The van der Waals surface area contributed by atoms with E-state index in [-0.39, 0.29) is 0 Å². The zero-order valence-corrected chi connectivity index (χ0v) is 7.04. The molecule has 0 radical (unpaired) electrons. The van der Waals surface area contributed by atoms with Crippen LogP contribution in [0.5, 0.6) is 0 Å². The molecule has 14 heavy (non-hydrogen) atoms. The molecule has 0 saturated carbocycles. The van der Waals surface area contributed by atoms with Crippen molar-refractivity contribution < 1.29 is 10.2 Å². The van der Waals surface area contributed by atoms with E-state index in [9.17, 15) is 10.2 Å². The molecule has 1 aliphatic rings. The highest BCUT2D eigenvalue weighted by Crippen LogP contribution is 2.19. The van der Waals surface area contributed by atoms with Crippen molar-refractivity contribution >= 4 is 0 Å². The molecule has 0 aliphatic heterocycles. The minimum Gasteiger partial charge on any atom is -0.390 e. The van der Waals surface area contributed by atoms with E-state index in [2.05, 4.69) is 20.1 Å². The van der Waals surface area contributed by atoms with Crippen LogP contribution >= 0.6 is 0 Å².